The van der Waals surface area contributed by atoms with E-state index in [9.17, 15) is 9.59 Å². The lowest BCUT2D eigenvalue weighted by Gasteiger charge is -2.13. The van der Waals surface area contributed by atoms with Crippen molar-refractivity contribution in [2.45, 2.75) is 32.7 Å². The number of benzene rings is 1. The van der Waals surface area contributed by atoms with Crippen LogP contribution in [0.5, 0.6) is 0 Å². The van der Waals surface area contributed by atoms with Crippen LogP contribution in [0.4, 0.5) is 0 Å². The highest BCUT2D eigenvalue weighted by Crippen LogP contribution is 2.36. The lowest BCUT2D eigenvalue weighted by atomic mass is 10.0. The van der Waals surface area contributed by atoms with Gasteiger partial charge in [0.25, 0.3) is 5.91 Å². The molecule has 6 nitrogen and oxygen atoms in total. The zero-order valence-electron chi connectivity index (χ0n) is 13.1. The van der Waals surface area contributed by atoms with Crippen LogP contribution in [0, 0.1) is 6.92 Å². The summed E-state index contributed by atoms with van der Waals surface area (Å²) in [7, 11) is 0. The fourth-order valence-corrected chi connectivity index (χ4v) is 2.82. The maximum Gasteiger partial charge on any atom is 0.303 e. The van der Waals surface area contributed by atoms with Gasteiger partial charge in [-0.1, -0.05) is 34.4 Å². The summed E-state index contributed by atoms with van der Waals surface area (Å²) in [6.07, 6.45) is 0.279. The SMILES string of the molecule is Cc1onc(-c2c(Cl)cccc2Cl)c1C(=O)NC(C)CCC(=O)O. The van der Waals surface area contributed by atoms with Gasteiger partial charge in [-0.15, -0.1) is 0 Å². The quantitative estimate of drug-likeness (QED) is 0.802. The van der Waals surface area contributed by atoms with E-state index in [1.54, 1.807) is 32.0 Å². The molecule has 1 unspecified atom stereocenters. The number of carboxylic acids is 1. The van der Waals surface area contributed by atoms with Crippen molar-refractivity contribution in [3.05, 3.63) is 39.6 Å². The Kier molecular flexibility index (Phi) is 5.85. The Bertz CT molecular complexity index is 753. The third-order valence-electron chi connectivity index (χ3n) is 3.46. The number of hydrogen-bond donors (Lipinski definition) is 2. The summed E-state index contributed by atoms with van der Waals surface area (Å²) in [5.41, 5.74) is 0.902. The zero-order chi connectivity index (χ0) is 17.9. The van der Waals surface area contributed by atoms with Gasteiger partial charge in [-0.3, -0.25) is 9.59 Å². The number of nitrogens with zero attached hydrogens (tertiary/aromatic N) is 1. The van der Waals surface area contributed by atoms with Gasteiger partial charge in [-0.25, -0.2) is 0 Å². The summed E-state index contributed by atoms with van der Waals surface area (Å²) in [6.45, 7) is 3.34. The minimum atomic E-state index is -0.916. The van der Waals surface area contributed by atoms with Crippen LogP contribution in [0.1, 0.15) is 35.9 Å². The number of carboxylic acid groups (broad SMARTS) is 1. The van der Waals surface area contributed by atoms with Gasteiger partial charge in [-0.2, -0.15) is 0 Å². The van der Waals surface area contributed by atoms with Gasteiger partial charge in [0.15, 0.2) is 0 Å². The first kappa shape index (κ1) is 18.3. The predicted octanol–water partition coefficient (Wildman–Crippen LogP) is 3.94. The van der Waals surface area contributed by atoms with E-state index < -0.39 is 11.9 Å². The van der Waals surface area contributed by atoms with Crippen LogP contribution in [-0.4, -0.2) is 28.2 Å². The second-order valence-corrected chi connectivity index (χ2v) is 6.18. The molecular formula is C16H16Cl2N2O4. The molecule has 2 rings (SSSR count). The molecule has 0 radical (unpaired) electrons. The summed E-state index contributed by atoms with van der Waals surface area (Å²) in [5, 5.41) is 16.1. The molecular weight excluding hydrogens is 355 g/mol. The number of nitrogens with one attached hydrogen (secondary N) is 1. The largest absolute Gasteiger partial charge is 0.481 e. The summed E-state index contributed by atoms with van der Waals surface area (Å²) in [6, 6.07) is 4.65. The smallest absolute Gasteiger partial charge is 0.303 e. The fraction of sp³-hybridized carbons (Fsp3) is 0.312. The van der Waals surface area contributed by atoms with E-state index in [2.05, 4.69) is 10.5 Å². The molecule has 0 aliphatic carbocycles. The van der Waals surface area contributed by atoms with E-state index >= 15 is 0 Å². The van der Waals surface area contributed by atoms with Crippen molar-refractivity contribution in [1.82, 2.24) is 10.5 Å². The van der Waals surface area contributed by atoms with Crippen LogP contribution in [0.15, 0.2) is 22.7 Å². The number of aryl methyl sites for hydroxylation is 1. The van der Waals surface area contributed by atoms with Gasteiger partial charge in [0.05, 0.1) is 10.0 Å². The number of hydrogen-bond acceptors (Lipinski definition) is 4. The summed E-state index contributed by atoms with van der Waals surface area (Å²) >= 11 is 12.4. The van der Waals surface area contributed by atoms with Crippen LogP contribution in [0.25, 0.3) is 11.3 Å². The van der Waals surface area contributed by atoms with E-state index in [1.807, 2.05) is 0 Å². The molecule has 0 fully saturated rings. The Labute approximate surface area is 148 Å². The van der Waals surface area contributed by atoms with Crippen molar-refractivity contribution in [2.24, 2.45) is 0 Å². The molecule has 0 saturated carbocycles. The molecule has 0 aliphatic rings. The number of amides is 1. The molecule has 2 aromatic rings. The lowest BCUT2D eigenvalue weighted by molar-refractivity contribution is -0.137. The first-order valence-electron chi connectivity index (χ1n) is 7.24. The van der Waals surface area contributed by atoms with E-state index in [4.69, 9.17) is 32.8 Å². The standard InChI is InChI=1S/C16H16Cl2N2O4/c1-8(6-7-12(21)22)19-16(23)13-9(2)24-20-15(13)14-10(17)4-3-5-11(14)18/h3-5,8H,6-7H2,1-2H3,(H,19,23)(H,21,22). The molecule has 128 valence electrons. The maximum atomic E-state index is 12.6. The molecule has 0 spiro atoms. The van der Waals surface area contributed by atoms with Crippen LogP contribution < -0.4 is 5.32 Å². The highest BCUT2D eigenvalue weighted by Gasteiger charge is 2.25. The molecule has 8 heteroatoms. The van der Waals surface area contributed by atoms with E-state index in [1.165, 1.54) is 0 Å². The third-order valence-corrected chi connectivity index (χ3v) is 4.09. The normalized spacial score (nSPS) is 12.0. The average molecular weight is 371 g/mol. The van der Waals surface area contributed by atoms with Crippen LogP contribution in [0.3, 0.4) is 0 Å². The Hall–Kier alpha value is -2.05. The van der Waals surface area contributed by atoms with Crippen molar-refractivity contribution >= 4 is 35.1 Å². The molecule has 0 saturated heterocycles. The van der Waals surface area contributed by atoms with E-state index in [0.29, 0.717) is 27.8 Å². The Morgan fingerprint density at radius 2 is 1.96 bits per heavy atom. The fourth-order valence-electron chi connectivity index (χ4n) is 2.24. The Balaban J connectivity index is 2.30. The van der Waals surface area contributed by atoms with E-state index in [0.717, 1.165) is 0 Å². The number of carbonyl (C=O) groups excluding carboxylic acids is 1. The molecule has 1 aromatic heterocycles. The van der Waals surface area contributed by atoms with Gasteiger partial charge in [0.1, 0.15) is 17.0 Å². The number of carbonyl (C=O) groups is 2. The minimum absolute atomic E-state index is 0.0345. The van der Waals surface area contributed by atoms with E-state index in [-0.39, 0.29) is 23.7 Å². The summed E-state index contributed by atoms with van der Waals surface area (Å²) in [5.74, 6) is -1.01. The van der Waals surface area contributed by atoms with Gasteiger partial charge >= 0.3 is 5.97 Å². The molecule has 1 heterocycles. The molecule has 1 amide bonds. The maximum absolute atomic E-state index is 12.6. The lowest BCUT2D eigenvalue weighted by Crippen LogP contribution is -2.33. The minimum Gasteiger partial charge on any atom is -0.481 e. The number of aromatic nitrogens is 1. The predicted molar refractivity (Wildman–Crippen MR) is 90.5 cm³/mol. The summed E-state index contributed by atoms with van der Waals surface area (Å²) < 4.78 is 5.14. The molecule has 1 aromatic carbocycles. The molecule has 0 aliphatic heterocycles. The zero-order valence-corrected chi connectivity index (χ0v) is 14.6. The average Bonchev–Trinajstić information content (AvgIpc) is 2.86. The van der Waals surface area contributed by atoms with Gasteiger partial charge in [0.2, 0.25) is 0 Å². The number of rotatable bonds is 6. The molecule has 2 N–H and O–H groups in total. The van der Waals surface area contributed by atoms with Gasteiger partial charge in [-0.05, 0) is 32.4 Å². The second kappa shape index (κ2) is 7.68. The summed E-state index contributed by atoms with van der Waals surface area (Å²) in [4.78, 5) is 23.2. The van der Waals surface area contributed by atoms with Gasteiger partial charge in [0, 0.05) is 18.0 Å². The van der Waals surface area contributed by atoms with Crippen molar-refractivity contribution in [1.29, 1.82) is 0 Å². The van der Waals surface area contributed by atoms with Crippen molar-refractivity contribution in [3.8, 4) is 11.3 Å². The second-order valence-electron chi connectivity index (χ2n) is 5.37. The Morgan fingerprint density at radius 1 is 1.33 bits per heavy atom. The molecule has 0 bridgehead atoms. The van der Waals surface area contributed by atoms with Crippen molar-refractivity contribution < 1.29 is 19.2 Å². The monoisotopic (exact) mass is 370 g/mol. The number of aliphatic carboxylic acids is 1. The van der Waals surface area contributed by atoms with Crippen molar-refractivity contribution in [2.75, 3.05) is 0 Å². The first-order chi connectivity index (χ1) is 11.3. The topological polar surface area (TPSA) is 92.4 Å². The molecule has 1 atom stereocenters. The third kappa shape index (κ3) is 4.07. The highest BCUT2D eigenvalue weighted by molar-refractivity contribution is 6.39. The molecule has 24 heavy (non-hydrogen) atoms. The van der Waals surface area contributed by atoms with Crippen LogP contribution in [0.2, 0.25) is 10.0 Å². The van der Waals surface area contributed by atoms with Crippen LogP contribution >= 0.6 is 23.2 Å². The van der Waals surface area contributed by atoms with Crippen LogP contribution in [-0.2, 0) is 4.79 Å². The highest BCUT2D eigenvalue weighted by atomic mass is 35.5. The Morgan fingerprint density at radius 3 is 2.54 bits per heavy atom. The first-order valence-corrected chi connectivity index (χ1v) is 8.00. The van der Waals surface area contributed by atoms with Crippen molar-refractivity contribution in [3.63, 3.8) is 0 Å². The van der Waals surface area contributed by atoms with Gasteiger partial charge < -0.3 is 14.9 Å². The number of halogens is 2.